The van der Waals surface area contributed by atoms with Gasteiger partial charge in [-0.25, -0.2) is 4.79 Å². The second kappa shape index (κ2) is 8.81. The fourth-order valence-corrected chi connectivity index (χ4v) is 4.77. The zero-order chi connectivity index (χ0) is 21.1. The molecule has 4 rings (SSSR count). The first-order valence-electron chi connectivity index (χ1n) is 9.92. The molecule has 0 fully saturated rings. The molecular weight excluding hydrogens is 400 g/mol. The van der Waals surface area contributed by atoms with Crippen molar-refractivity contribution in [2.24, 2.45) is 7.05 Å². The van der Waals surface area contributed by atoms with Crippen LogP contribution < -0.4 is 5.32 Å². The standard InChI is InChI=1S/C22H24N4O3S/c1-3-29-22(28)17-13-23-25(2)21(17)24-19(27)14-26-11-9-18-16(10-12-30-18)20(26)15-7-5-4-6-8-15/h4-8,10,12-13,20H,3,9,11,14H2,1-2H3,(H,24,27). The smallest absolute Gasteiger partial charge is 0.343 e. The van der Waals surface area contributed by atoms with Gasteiger partial charge in [0, 0.05) is 18.5 Å². The molecular formula is C22H24N4O3S. The van der Waals surface area contributed by atoms with Crippen molar-refractivity contribution in [3.63, 3.8) is 0 Å². The molecule has 156 valence electrons. The number of amides is 1. The number of ether oxygens (including phenoxy) is 1. The van der Waals surface area contributed by atoms with Crippen LogP contribution in [0.5, 0.6) is 0 Å². The number of esters is 1. The van der Waals surface area contributed by atoms with Crippen LogP contribution in [0.1, 0.15) is 39.3 Å². The Kier molecular flexibility index (Phi) is 5.96. The van der Waals surface area contributed by atoms with Gasteiger partial charge in [-0.05, 0) is 35.9 Å². The van der Waals surface area contributed by atoms with Crippen molar-refractivity contribution in [3.05, 3.63) is 69.5 Å². The Morgan fingerprint density at radius 2 is 2.07 bits per heavy atom. The molecule has 1 atom stereocenters. The Balaban J connectivity index is 1.55. The number of hydrogen-bond acceptors (Lipinski definition) is 6. The van der Waals surface area contributed by atoms with E-state index in [0.29, 0.717) is 5.82 Å². The van der Waals surface area contributed by atoms with Gasteiger partial charge in [0.25, 0.3) is 0 Å². The summed E-state index contributed by atoms with van der Waals surface area (Å²) in [6.07, 6.45) is 2.34. The molecule has 0 bridgehead atoms. The van der Waals surface area contributed by atoms with Crippen molar-refractivity contribution in [2.75, 3.05) is 25.0 Å². The molecule has 1 N–H and O–H groups in total. The summed E-state index contributed by atoms with van der Waals surface area (Å²) in [6, 6.07) is 12.4. The molecule has 3 heterocycles. The van der Waals surface area contributed by atoms with E-state index in [-0.39, 0.29) is 30.7 Å². The van der Waals surface area contributed by atoms with Crippen LogP contribution in [-0.4, -0.2) is 46.3 Å². The van der Waals surface area contributed by atoms with Crippen LogP contribution in [0.15, 0.2) is 48.0 Å². The third-order valence-corrected chi connectivity index (χ3v) is 6.22. The van der Waals surface area contributed by atoms with Crippen LogP contribution in [-0.2, 0) is 23.0 Å². The molecule has 30 heavy (non-hydrogen) atoms. The van der Waals surface area contributed by atoms with Gasteiger partial charge in [0.05, 0.1) is 25.4 Å². The van der Waals surface area contributed by atoms with Gasteiger partial charge in [0.1, 0.15) is 11.4 Å². The number of thiophene rings is 1. The van der Waals surface area contributed by atoms with Gasteiger partial charge >= 0.3 is 5.97 Å². The Hall–Kier alpha value is -2.97. The molecule has 1 unspecified atom stereocenters. The molecule has 0 radical (unpaired) electrons. The highest BCUT2D eigenvalue weighted by Crippen LogP contribution is 2.37. The van der Waals surface area contributed by atoms with Crippen molar-refractivity contribution in [1.29, 1.82) is 0 Å². The number of nitrogens with zero attached hydrogens (tertiary/aromatic N) is 3. The first-order chi connectivity index (χ1) is 14.6. The molecule has 1 aliphatic rings. The van der Waals surface area contributed by atoms with Crippen molar-refractivity contribution in [3.8, 4) is 0 Å². The summed E-state index contributed by atoms with van der Waals surface area (Å²) in [6.45, 7) is 3.00. The summed E-state index contributed by atoms with van der Waals surface area (Å²) in [5.41, 5.74) is 2.68. The first-order valence-corrected chi connectivity index (χ1v) is 10.8. The van der Waals surface area contributed by atoms with Gasteiger partial charge in [0.15, 0.2) is 0 Å². The summed E-state index contributed by atoms with van der Waals surface area (Å²) < 4.78 is 6.54. The summed E-state index contributed by atoms with van der Waals surface area (Å²) in [5.74, 6) is -0.337. The Morgan fingerprint density at radius 3 is 2.83 bits per heavy atom. The third-order valence-electron chi connectivity index (χ3n) is 5.22. The summed E-state index contributed by atoms with van der Waals surface area (Å²) in [4.78, 5) is 28.7. The van der Waals surface area contributed by atoms with E-state index in [2.05, 4.69) is 38.9 Å². The monoisotopic (exact) mass is 424 g/mol. The molecule has 1 aliphatic heterocycles. The number of nitrogens with one attached hydrogen (secondary N) is 1. The van der Waals surface area contributed by atoms with E-state index in [9.17, 15) is 9.59 Å². The third kappa shape index (κ3) is 4.01. The molecule has 3 aromatic rings. The van der Waals surface area contributed by atoms with Gasteiger partial charge in [-0.2, -0.15) is 5.10 Å². The molecule has 0 spiro atoms. The number of carbonyl (C=O) groups excluding carboxylic acids is 2. The Labute approximate surface area is 179 Å². The van der Waals surface area contributed by atoms with E-state index < -0.39 is 5.97 Å². The van der Waals surface area contributed by atoms with Gasteiger partial charge in [-0.15, -0.1) is 11.3 Å². The lowest BCUT2D eigenvalue weighted by molar-refractivity contribution is -0.117. The number of aryl methyl sites for hydroxylation is 1. The SMILES string of the molecule is CCOC(=O)c1cnn(C)c1NC(=O)CN1CCc2sccc2C1c1ccccc1. The van der Waals surface area contributed by atoms with Crippen molar-refractivity contribution in [2.45, 2.75) is 19.4 Å². The molecule has 0 saturated carbocycles. The molecule has 2 aromatic heterocycles. The quantitative estimate of drug-likeness (QED) is 0.615. The maximum Gasteiger partial charge on any atom is 0.343 e. The van der Waals surface area contributed by atoms with Crippen molar-refractivity contribution >= 4 is 29.0 Å². The normalized spacial score (nSPS) is 16.1. The molecule has 7 nitrogen and oxygen atoms in total. The highest BCUT2D eigenvalue weighted by atomic mass is 32.1. The maximum atomic E-state index is 12.9. The van der Waals surface area contributed by atoms with Gasteiger partial charge in [0.2, 0.25) is 5.91 Å². The van der Waals surface area contributed by atoms with E-state index in [0.717, 1.165) is 18.5 Å². The number of aromatic nitrogens is 2. The van der Waals surface area contributed by atoms with E-state index >= 15 is 0 Å². The van der Waals surface area contributed by atoms with Crippen molar-refractivity contribution < 1.29 is 14.3 Å². The molecule has 1 amide bonds. The van der Waals surface area contributed by atoms with Gasteiger partial charge in [-0.1, -0.05) is 30.3 Å². The largest absolute Gasteiger partial charge is 0.462 e. The van der Waals surface area contributed by atoms with Crippen molar-refractivity contribution in [1.82, 2.24) is 14.7 Å². The first kappa shape index (κ1) is 20.3. The lowest BCUT2D eigenvalue weighted by atomic mass is 9.93. The predicted molar refractivity (Wildman–Crippen MR) is 116 cm³/mol. The number of rotatable bonds is 6. The van der Waals surface area contributed by atoms with Gasteiger partial charge < -0.3 is 10.1 Å². The summed E-state index contributed by atoms with van der Waals surface area (Å²) in [5, 5.41) is 9.07. The zero-order valence-corrected chi connectivity index (χ0v) is 17.8. The number of hydrogen-bond donors (Lipinski definition) is 1. The highest BCUT2D eigenvalue weighted by molar-refractivity contribution is 7.10. The van der Waals surface area contributed by atoms with E-state index in [1.807, 2.05) is 18.2 Å². The average Bonchev–Trinajstić information content (AvgIpc) is 3.36. The minimum absolute atomic E-state index is 0.0306. The lowest BCUT2D eigenvalue weighted by Gasteiger charge is -2.35. The molecule has 0 aliphatic carbocycles. The maximum absolute atomic E-state index is 12.9. The second-order valence-electron chi connectivity index (χ2n) is 7.13. The van der Waals surface area contributed by atoms with Crippen LogP contribution in [0.3, 0.4) is 0 Å². The topological polar surface area (TPSA) is 76.5 Å². The predicted octanol–water partition coefficient (Wildman–Crippen LogP) is 3.24. The fraction of sp³-hybridized carbons (Fsp3) is 0.318. The number of benzene rings is 1. The highest BCUT2D eigenvalue weighted by Gasteiger charge is 2.31. The second-order valence-corrected chi connectivity index (χ2v) is 8.13. The number of anilines is 1. The van der Waals surface area contributed by atoms with Crippen LogP contribution >= 0.6 is 11.3 Å². The molecule has 8 heteroatoms. The van der Waals surface area contributed by atoms with E-state index in [1.54, 1.807) is 25.3 Å². The van der Waals surface area contributed by atoms with Crippen LogP contribution in [0.2, 0.25) is 0 Å². The van der Waals surface area contributed by atoms with Crippen LogP contribution in [0.25, 0.3) is 0 Å². The minimum atomic E-state index is -0.496. The lowest BCUT2D eigenvalue weighted by Crippen LogP contribution is -2.41. The zero-order valence-electron chi connectivity index (χ0n) is 17.0. The number of fused-ring (bicyclic) bond motifs is 1. The Bertz CT molecular complexity index is 1040. The minimum Gasteiger partial charge on any atom is -0.462 e. The van der Waals surface area contributed by atoms with E-state index in [1.165, 1.54) is 21.3 Å². The van der Waals surface area contributed by atoms with E-state index in [4.69, 9.17) is 4.74 Å². The summed E-state index contributed by atoms with van der Waals surface area (Å²) in [7, 11) is 1.68. The Morgan fingerprint density at radius 1 is 1.27 bits per heavy atom. The van der Waals surface area contributed by atoms with Crippen LogP contribution in [0.4, 0.5) is 5.82 Å². The summed E-state index contributed by atoms with van der Waals surface area (Å²) >= 11 is 1.77. The van der Waals surface area contributed by atoms with Gasteiger partial charge in [-0.3, -0.25) is 14.4 Å². The fourth-order valence-electron chi connectivity index (χ4n) is 3.86. The number of carbonyl (C=O) groups is 2. The van der Waals surface area contributed by atoms with Crippen LogP contribution in [0, 0.1) is 0 Å². The average molecular weight is 425 g/mol. The molecule has 1 aromatic carbocycles. The molecule has 0 saturated heterocycles.